The van der Waals surface area contributed by atoms with Crippen LogP contribution in [-0.2, 0) is 29.4 Å². The number of benzene rings is 2. The van der Waals surface area contributed by atoms with Crippen molar-refractivity contribution in [2.45, 2.75) is 44.0 Å². The van der Waals surface area contributed by atoms with Gasteiger partial charge < -0.3 is 0 Å². The second kappa shape index (κ2) is 7.48. The molecule has 1 aliphatic rings. The average Bonchev–Trinajstić information content (AvgIpc) is 3.07. The molecular weight excluding hydrogens is 377 g/mol. The summed E-state index contributed by atoms with van der Waals surface area (Å²) in [6.07, 6.45) is 4.04. The quantitative estimate of drug-likeness (QED) is 0.712. The first-order chi connectivity index (χ1) is 13.5. The van der Waals surface area contributed by atoms with E-state index in [0.29, 0.717) is 11.4 Å². The summed E-state index contributed by atoms with van der Waals surface area (Å²) in [5.74, 6) is 0.242. The van der Waals surface area contributed by atoms with Gasteiger partial charge in [-0.1, -0.05) is 18.2 Å². The predicted molar refractivity (Wildman–Crippen MR) is 105 cm³/mol. The van der Waals surface area contributed by atoms with E-state index >= 15 is 0 Å². The molecule has 5 nitrogen and oxygen atoms in total. The van der Waals surface area contributed by atoms with Crippen LogP contribution in [0.15, 0.2) is 53.4 Å². The van der Waals surface area contributed by atoms with Gasteiger partial charge in [-0.05, 0) is 68.5 Å². The van der Waals surface area contributed by atoms with E-state index in [4.69, 9.17) is 4.98 Å². The van der Waals surface area contributed by atoms with Crippen molar-refractivity contribution in [3.05, 3.63) is 77.1 Å². The molecule has 0 atom stereocenters. The Kier molecular flexibility index (Phi) is 5.03. The third-order valence-corrected chi connectivity index (χ3v) is 6.48. The minimum atomic E-state index is -3.77. The van der Waals surface area contributed by atoms with Crippen molar-refractivity contribution in [3.63, 3.8) is 0 Å². The number of sulfonamides is 1. The highest BCUT2D eigenvalue weighted by Crippen LogP contribution is 2.26. The molecule has 0 radical (unpaired) electrons. The van der Waals surface area contributed by atoms with Crippen LogP contribution in [0.5, 0.6) is 0 Å². The lowest BCUT2D eigenvalue weighted by molar-refractivity contribution is 0.577. The first-order valence-electron chi connectivity index (χ1n) is 9.36. The van der Waals surface area contributed by atoms with E-state index < -0.39 is 15.8 Å². The van der Waals surface area contributed by atoms with E-state index in [1.54, 1.807) is 6.92 Å². The Morgan fingerprint density at radius 3 is 2.61 bits per heavy atom. The van der Waals surface area contributed by atoms with Crippen LogP contribution in [0, 0.1) is 12.7 Å². The third kappa shape index (κ3) is 3.59. The molecule has 0 fully saturated rings. The van der Waals surface area contributed by atoms with Gasteiger partial charge in [0.2, 0.25) is 10.0 Å². The van der Waals surface area contributed by atoms with Crippen molar-refractivity contribution in [2.75, 3.05) is 0 Å². The maximum Gasteiger partial charge on any atom is 0.240 e. The van der Waals surface area contributed by atoms with Crippen LogP contribution in [0.3, 0.4) is 0 Å². The minimum Gasteiger partial charge on any atom is -0.299 e. The van der Waals surface area contributed by atoms with E-state index in [0.717, 1.165) is 42.8 Å². The Morgan fingerprint density at radius 2 is 1.86 bits per heavy atom. The van der Waals surface area contributed by atoms with Crippen LogP contribution >= 0.6 is 0 Å². The molecule has 0 unspecified atom stereocenters. The molecule has 1 N–H and O–H groups in total. The lowest BCUT2D eigenvalue weighted by atomic mass is 10.0. The molecule has 4 rings (SSSR count). The zero-order valence-corrected chi connectivity index (χ0v) is 16.5. The topological polar surface area (TPSA) is 64.0 Å². The van der Waals surface area contributed by atoms with Gasteiger partial charge in [-0.15, -0.1) is 0 Å². The van der Waals surface area contributed by atoms with Crippen molar-refractivity contribution >= 4 is 10.0 Å². The number of para-hydroxylation sites is 1. The number of fused-ring (bicyclic) bond motifs is 1. The molecule has 1 aliphatic carbocycles. The fourth-order valence-electron chi connectivity index (χ4n) is 3.62. The van der Waals surface area contributed by atoms with Crippen LogP contribution in [0.25, 0.3) is 5.69 Å². The summed E-state index contributed by atoms with van der Waals surface area (Å²) in [5.41, 5.74) is 3.47. The van der Waals surface area contributed by atoms with Crippen molar-refractivity contribution < 1.29 is 12.8 Å². The first kappa shape index (κ1) is 18.8. The van der Waals surface area contributed by atoms with Gasteiger partial charge in [-0.3, -0.25) is 4.57 Å². The maximum atomic E-state index is 13.5. The standard InChI is InChI=1S/C21H22FN3O2S/c1-15-13-17(11-12-18(15)22)28(26,27)23-14-21-24-19-9-5-6-10-20(19)25(21)16-7-3-2-4-8-16/h2-4,7-8,11-13,23H,5-6,9-10,14H2,1H3. The molecule has 0 saturated heterocycles. The van der Waals surface area contributed by atoms with E-state index in [1.165, 1.54) is 18.2 Å². The Labute approximate surface area is 164 Å². The molecular formula is C21H22FN3O2S. The highest BCUT2D eigenvalue weighted by Gasteiger charge is 2.23. The molecule has 0 bridgehead atoms. The number of nitrogens with zero attached hydrogens (tertiary/aromatic N) is 2. The molecule has 1 heterocycles. The summed E-state index contributed by atoms with van der Waals surface area (Å²) >= 11 is 0. The molecule has 2 aromatic carbocycles. The lowest BCUT2D eigenvalue weighted by Crippen LogP contribution is -2.25. The number of aromatic nitrogens is 2. The second-order valence-electron chi connectivity index (χ2n) is 7.04. The number of hydrogen-bond acceptors (Lipinski definition) is 3. The maximum absolute atomic E-state index is 13.5. The zero-order valence-electron chi connectivity index (χ0n) is 15.7. The molecule has 3 aromatic rings. The number of aryl methyl sites for hydroxylation is 2. The summed E-state index contributed by atoms with van der Waals surface area (Å²) in [7, 11) is -3.77. The molecule has 1 aromatic heterocycles. The Balaban J connectivity index is 1.66. The molecule has 0 aliphatic heterocycles. The van der Waals surface area contributed by atoms with Gasteiger partial charge in [-0.25, -0.2) is 22.5 Å². The van der Waals surface area contributed by atoms with Gasteiger partial charge >= 0.3 is 0 Å². The van der Waals surface area contributed by atoms with Gasteiger partial charge in [0.05, 0.1) is 17.1 Å². The van der Waals surface area contributed by atoms with E-state index in [-0.39, 0.29) is 11.4 Å². The SMILES string of the molecule is Cc1cc(S(=O)(=O)NCc2nc3c(n2-c2ccccc2)CCCC3)ccc1F. The predicted octanol–water partition coefficient (Wildman–Crippen LogP) is 3.68. The van der Waals surface area contributed by atoms with Gasteiger partial charge in [0, 0.05) is 11.4 Å². The Bertz CT molecular complexity index is 1110. The van der Waals surface area contributed by atoms with Gasteiger partial charge in [0.15, 0.2) is 0 Å². The van der Waals surface area contributed by atoms with Gasteiger partial charge in [-0.2, -0.15) is 0 Å². The van der Waals surface area contributed by atoms with Crippen LogP contribution < -0.4 is 4.72 Å². The van der Waals surface area contributed by atoms with Crippen molar-refractivity contribution in [1.82, 2.24) is 14.3 Å². The number of hydrogen-bond donors (Lipinski definition) is 1. The normalized spacial score (nSPS) is 14.1. The Morgan fingerprint density at radius 1 is 1.11 bits per heavy atom. The third-order valence-electron chi connectivity index (χ3n) is 5.08. The smallest absolute Gasteiger partial charge is 0.240 e. The summed E-state index contributed by atoms with van der Waals surface area (Å²) in [4.78, 5) is 4.78. The number of imidazole rings is 1. The molecule has 28 heavy (non-hydrogen) atoms. The van der Waals surface area contributed by atoms with Gasteiger partial charge in [0.1, 0.15) is 11.6 Å². The summed E-state index contributed by atoms with van der Waals surface area (Å²) in [5, 5.41) is 0. The van der Waals surface area contributed by atoms with E-state index in [9.17, 15) is 12.8 Å². The number of halogens is 1. The van der Waals surface area contributed by atoms with Crippen LogP contribution in [-0.4, -0.2) is 18.0 Å². The fourth-order valence-corrected chi connectivity index (χ4v) is 4.69. The van der Waals surface area contributed by atoms with E-state index in [1.807, 2.05) is 30.3 Å². The second-order valence-corrected chi connectivity index (χ2v) is 8.80. The van der Waals surface area contributed by atoms with Crippen LogP contribution in [0.1, 0.15) is 35.6 Å². The monoisotopic (exact) mass is 399 g/mol. The average molecular weight is 399 g/mol. The number of nitrogens with one attached hydrogen (secondary N) is 1. The molecule has 7 heteroatoms. The Hall–Kier alpha value is -2.51. The summed E-state index contributed by atoms with van der Waals surface area (Å²) in [6.45, 7) is 1.62. The van der Waals surface area contributed by atoms with Crippen molar-refractivity contribution in [2.24, 2.45) is 0 Å². The molecule has 0 saturated carbocycles. The van der Waals surface area contributed by atoms with Gasteiger partial charge in [0.25, 0.3) is 0 Å². The molecule has 0 amide bonds. The summed E-state index contributed by atoms with van der Waals surface area (Å²) in [6, 6.07) is 13.7. The fraction of sp³-hybridized carbons (Fsp3) is 0.286. The zero-order chi connectivity index (χ0) is 19.7. The highest BCUT2D eigenvalue weighted by atomic mass is 32.2. The highest BCUT2D eigenvalue weighted by molar-refractivity contribution is 7.89. The summed E-state index contributed by atoms with van der Waals surface area (Å²) < 4.78 is 43.5. The molecule has 146 valence electrons. The number of rotatable bonds is 5. The molecule has 0 spiro atoms. The van der Waals surface area contributed by atoms with Crippen molar-refractivity contribution in [3.8, 4) is 5.69 Å². The largest absolute Gasteiger partial charge is 0.299 e. The first-order valence-corrected chi connectivity index (χ1v) is 10.8. The van der Waals surface area contributed by atoms with Crippen molar-refractivity contribution in [1.29, 1.82) is 0 Å². The van der Waals surface area contributed by atoms with Crippen LogP contribution in [0.2, 0.25) is 0 Å². The van der Waals surface area contributed by atoms with E-state index in [2.05, 4.69) is 9.29 Å². The lowest BCUT2D eigenvalue weighted by Gasteiger charge is -2.15. The minimum absolute atomic E-state index is 0.0500. The van der Waals surface area contributed by atoms with Crippen LogP contribution in [0.4, 0.5) is 4.39 Å².